The maximum absolute atomic E-state index is 13.0. The topological polar surface area (TPSA) is 123 Å². The Morgan fingerprint density at radius 1 is 1.03 bits per heavy atom. The predicted octanol–water partition coefficient (Wildman–Crippen LogP) is 4.94. The number of hydrogen-bond acceptors (Lipinski definition) is 7. The standard InChI is InChI=1S/C28H25N5O4/c1-18-15-22-24(34)17-25(27-30-32-33-31-27)37-26(22)23(16-18)29-28(35)20-10-12-21(13-11-20)36-14-6-5-9-19-7-3-2-4-8-19/h2-4,7-8,10-13,15-17H,5-6,9,14H2,1H3,(H,29,35)(H,30,31,32,33). The molecular weight excluding hydrogens is 470 g/mol. The van der Waals surface area contributed by atoms with Crippen molar-refractivity contribution in [2.45, 2.75) is 26.2 Å². The van der Waals surface area contributed by atoms with Crippen molar-refractivity contribution in [2.24, 2.45) is 0 Å². The first-order chi connectivity index (χ1) is 18.1. The molecule has 1 amide bonds. The maximum atomic E-state index is 13.0. The molecule has 0 spiro atoms. The number of amides is 1. The van der Waals surface area contributed by atoms with Crippen LogP contribution in [0.3, 0.4) is 0 Å². The summed E-state index contributed by atoms with van der Waals surface area (Å²) in [6.07, 6.45) is 3.00. The monoisotopic (exact) mass is 495 g/mol. The molecular formula is C28H25N5O4. The molecule has 186 valence electrons. The van der Waals surface area contributed by atoms with Crippen LogP contribution in [-0.4, -0.2) is 33.1 Å². The Kier molecular flexibility index (Phi) is 7.02. The van der Waals surface area contributed by atoms with E-state index < -0.39 is 0 Å². The molecule has 0 bridgehead atoms. The Bertz CT molecular complexity index is 1560. The number of benzene rings is 3. The van der Waals surface area contributed by atoms with Gasteiger partial charge in [0.05, 0.1) is 17.7 Å². The zero-order valence-electron chi connectivity index (χ0n) is 20.2. The Labute approximate surface area is 212 Å². The van der Waals surface area contributed by atoms with E-state index in [-0.39, 0.29) is 28.5 Å². The van der Waals surface area contributed by atoms with Gasteiger partial charge in [-0.05, 0) is 84.1 Å². The van der Waals surface area contributed by atoms with E-state index in [1.165, 1.54) is 11.6 Å². The first-order valence-electron chi connectivity index (χ1n) is 12.0. The van der Waals surface area contributed by atoms with E-state index in [0.29, 0.717) is 29.0 Å². The van der Waals surface area contributed by atoms with Crippen LogP contribution >= 0.6 is 0 Å². The van der Waals surface area contributed by atoms with Gasteiger partial charge in [0.25, 0.3) is 5.91 Å². The van der Waals surface area contributed by atoms with Crippen LogP contribution < -0.4 is 15.5 Å². The summed E-state index contributed by atoms with van der Waals surface area (Å²) in [7, 11) is 0. The van der Waals surface area contributed by atoms with E-state index in [1.807, 2.05) is 13.0 Å². The zero-order chi connectivity index (χ0) is 25.6. The number of anilines is 1. The molecule has 5 aromatic rings. The zero-order valence-corrected chi connectivity index (χ0v) is 20.2. The van der Waals surface area contributed by atoms with E-state index >= 15 is 0 Å². The lowest BCUT2D eigenvalue weighted by Crippen LogP contribution is -2.13. The second-order valence-electron chi connectivity index (χ2n) is 8.68. The Hall–Kier alpha value is -4.79. The van der Waals surface area contributed by atoms with Crippen LogP contribution in [0.2, 0.25) is 0 Å². The van der Waals surface area contributed by atoms with Crippen molar-refractivity contribution in [1.82, 2.24) is 20.6 Å². The maximum Gasteiger partial charge on any atom is 0.255 e. The lowest BCUT2D eigenvalue weighted by molar-refractivity contribution is 0.102. The molecule has 0 fully saturated rings. The van der Waals surface area contributed by atoms with Gasteiger partial charge in [0, 0.05) is 11.6 Å². The van der Waals surface area contributed by atoms with Gasteiger partial charge in [-0.2, -0.15) is 0 Å². The van der Waals surface area contributed by atoms with Gasteiger partial charge in [0.15, 0.2) is 16.8 Å². The number of aromatic amines is 1. The van der Waals surface area contributed by atoms with E-state index in [4.69, 9.17) is 9.15 Å². The highest BCUT2D eigenvalue weighted by Gasteiger charge is 2.16. The average molecular weight is 496 g/mol. The Morgan fingerprint density at radius 2 is 1.84 bits per heavy atom. The number of ether oxygens (including phenoxy) is 1. The van der Waals surface area contributed by atoms with Gasteiger partial charge >= 0.3 is 0 Å². The van der Waals surface area contributed by atoms with Crippen molar-refractivity contribution in [3.05, 3.63) is 99.7 Å². The van der Waals surface area contributed by atoms with Crippen LogP contribution in [0.5, 0.6) is 5.75 Å². The largest absolute Gasteiger partial charge is 0.494 e. The second-order valence-corrected chi connectivity index (χ2v) is 8.68. The van der Waals surface area contributed by atoms with Gasteiger partial charge in [-0.1, -0.05) is 30.3 Å². The minimum absolute atomic E-state index is 0.173. The quantitative estimate of drug-likeness (QED) is 0.278. The lowest BCUT2D eigenvalue weighted by Gasteiger charge is -2.11. The number of carbonyl (C=O) groups is 1. The molecule has 5 rings (SSSR count). The molecule has 2 heterocycles. The summed E-state index contributed by atoms with van der Waals surface area (Å²) in [6, 6.07) is 22.1. The number of rotatable bonds is 9. The smallest absolute Gasteiger partial charge is 0.255 e. The molecule has 0 aliphatic rings. The predicted molar refractivity (Wildman–Crippen MR) is 140 cm³/mol. The summed E-state index contributed by atoms with van der Waals surface area (Å²) in [5.74, 6) is 0.754. The third-order valence-corrected chi connectivity index (χ3v) is 5.89. The second kappa shape index (κ2) is 10.9. The van der Waals surface area contributed by atoms with Crippen LogP contribution in [-0.2, 0) is 6.42 Å². The lowest BCUT2D eigenvalue weighted by atomic mass is 10.1. The SMILES string of the molecule is Cc1cc(NC(=O)c2ccc(OCCCCc3ccccc3)cc2)c2oc(-c3nnn[nH]3)cc(=O)c2c1. The van der Waals surface area contributed by atoms with Gasteiger partial charge in [-0.15, -0.1) is 5.10 Å². The van der Waals surface area contributed by atoms with Crippen molar-refractivity contribution >= 4 is 22.6 Å². The number of H-pyrrole nitrogens is 1. The summed E-state index contributed by atoms with van der Waals surface area (Å²) in [5.41, 5.74) is 2.93. The molecule has 0 saturated carbocycles. The molecule has 0 saturated heterocycles. The van der Waals surface area contributed by atoms with Crippen LogP contribution in [0, 0.1) is 6.92 Å². The normalized spacial score (nSPS) is 10.9. The van der Waals surface area contributed by atoms with Crippen molar-refractivity contribution in [3.8, 4) is 17.3 Å². The molecule has 9 heteroatoms. The third-order valence-electron chi connectivity index (χ3n) is 5.89. The molecule has 0 unspecified atom stereocenters. The van der Waals surface area contributed by atoms with Gasteiger partial charge < -0.3 is 14.5 Å². The van der Waals surface area contributed by atoms with Crippen molar-refractivity contribution < 1.29 is 13.9 Å². The van der Waals surface area contributed by atoms with Gasteiger partial charge in [-0.3, -0.25) is 9.59 Å². The molecule has 3 aromatic carbocycles. The first-order valence-corrected chi connectivity index (χ1v) is 12.0. The first kappa shape index (κ1) is 23.9. The molecule has 9 nitrogen and oxygen atoms in total. The van der Waals surface area contributed by atoms with Crippen molar-refractivity contribution in [2.75, 3.05) is 11.9 Å². The van der Waals surface area contributed by atoms with E-state index in [0.717, 1.165) is 24.8 Å². The Morgan fingerprint density at radius 3 is 2.59 bits per heavy atom. The summed E-state index contributed by atoms with van der Waals surface area (Å²) in [4.78, 5) is 25.7. The molecule has 2 N–H and O–H groups in total. The number of nitrogens with zero attached hydrogens (tertiary/aromatic N) is 3. The fourth-order valence-electron chi connectivity index (χ4n) is 4.04. The summed E-state index contributed by atoms with van der Waals surface area (Å²) >= 11 is 0. The number of aryl methyl sites for hydroxylation is 2. The highest BCUT2D eigenvalue weighted by atomic mass is 16.5. The Balaban J connectivity index is 1.25. The van der Waals surface area contributed by atoms with E-state index in [1.54, 1.807) is 36.4 Å². The van der Waals surface area contributed by atoms with Crippen LogP contribution in [0.4, 0.5) is 5.69 Å². The van der Waals surface area contributed by atoms with Gasteiger partial charge in [0.1, 0.15) is 5.75 Å². The molecule has 0 aliphatic carbocycles. The minimum Gasteiger partial charge on any atom is -0.494 e. The molecule has 37 heavy (non-hydrogen) atoms. The molecule has 0 aliphatic heterocycles. The summed E-state index contributed by atoms with van der Waals surface area (Å²) in [5, 5.41) is 16.6. The van der Waals surface area contributed by atoms with Crippen LogP contribution in [0.1, 0.15) is 34.3 Å². The fourth-order valence-corrected chi connectivity index (χ4v) is 4.04. The van der Waals surface area contributed by atoms with Crippen LogP contribution in [0.15, 0.2) is 82.0 Å². The van der Waals surface area contributed by atoms with Crippen molar-refractivity contribution in [3.63, 3.8) is 0 Å². The highest BCUT2D eigenvalue weighted by Crippen LogP contribution is 2.27. The highest BCUT2D eigenvalue weighted by molar-refractivity contribution is 6.08. The number of hydrogen-bond donors (Lipinski definition) is 2. The number of carbonyl (C=O) groups excluding carboxylic acids is 1. The number of nitrogens with one attached hydrogen (secondary N) is 2. The molecule has 0 radical (unpaired) electrons. The third kappa shape index (κ3) is 5.72. The minimum atomic E-state index is -0.337. The van der Waals surface area contributed by atoms with E-state index in [2.05, 4.69) is 50.2 Å². The number of unbranched alkanes of at least 4 members (excludes halogenated alkanes) is 1. The molecule has 0 atom stereocenters. The summed E-state index contributed by atoms with van der Waals surface area (Å²) < 4.78 is 11.7. The number of aromatic nitrogens is 4. The van der Waals surface area contributed by atoms with E-state index in [9.17, 15) is 9.59 Å². The van der Waals surface area contributed by atoms with Gasteiger partial charge in [-0.25, -0.2) is 5.10 Å². The fraction of sp³-hybridized carbons (Fsp3) is 0.179. The average Bonchev–Trinajstić information content (AvgIpc) is 3.45. The van der Waals surface area contributed by atoms with Crippen molar-refractivity contribution in [1.29, 1.82) is 0 Å². The number of fused-ring (bicyclic) bond motifs is 1. The van der Waals surface area contributed by atoms with Gasteiger partial charge in [0.2, 0.25) is 5.82 Å². The summed E-state index contributed by atoms with van der Waals surface area (Å²) in [6.45, 7) is 2.45. The number of tetrazole rings is 1. The van der Waals surface area contributed by atoms with Crippen LogP contribution in [0.25, 0.3) is 22.6 Å². The molecule has 2 aromatic heterocycles.